The first-order valence-corrected chi connectivity index (χ1v) is 8.89. The molecule has 0 saturated carbocycles. The quantitative estimate of drug-likeness (QED) is 0.414. The Morgan fingerprint density at radius 3 is 2.00 bits per heavy atom. The van der Waals surface area contributed by atoms with Gasteiger partial charge in [-0.25, -0.2) is 0 Å². The molecular formula is C12H28O3Si. The molecule has 0 aromatic heterocycles. The monoisotopic (exact) mass is 248 g/mol. The smallest absolute Gasteiger partial charge is 0.334 e. The second-order valence-electron chi connectivity index (χ2n) is 4.26. The highest BCUT2D eigenvalue weighted by Crippen LogP contribution is 2.16. The van der Waals surface area contributed by atoms with Crippen LogP contribution >= 0.6 is 0 Å². The largest absolute Gasteiger partial charge is 0.398 e. The summed E-state index contributed by atoms with van der Waals surface area (Å²) in [7, 11) is 1.72. The van der Waals surface area contributed by atoms with E-state index in [4.69, 9.17) is 13.6 Å². The second-order valence-corrected chi connectivity index (χ2v) is 7.84. The zero-order valence-electron chi connectivity index (χ0n) is 11.4. The molecule has 0 saturated heterocycles. The zero-order chi connectivity index (χ0) is 12.3. The van der Waals surface area contributed by atoms with E-state index in [-0.39, 0.29) is 0 Å². The third-order valence-electron chi connectivity index (χ3n) is 2.99. The average molecular weight is 248 g/mol. The van der Waals surface area contributed by atoms with Gasteiger partial charge in [0.25, 0.3) is 0 Å². The first-order valence-electron chi connectivity index (χ1n) is 6.36. The lowest BCUT2D eigenvalue weighted by atomic mass is 10.2. The lowest BCUT2D eigenvalue weighted by Crippen LogP contribution is -2.35. The van der Waals surface area contributed by atoms with Crippen molar-refractivity contribution in [3.05, 3.63) is 0 Å². The predicted molar refractivity (Wildman–Crippen MR) is 70.0 cm³/mol. The van der Waals surface area contributed by atoms with E-state index < -0.39 is 8.56 Å². The maximum absolute atomic E-state index is 5.44. The maximum Gasteiger partial charge on any atom is 0.334 e. The van der Waals surface area contributed by atoms with Crippen LogP contribution in [0.25, 0.3) is 0 Å². The molecule has 0 atom stereocenters. The van der Waals surface area contributed by atoms with Gasteiger partial charge in [0.2, 0.25) is 0 Å². The summed E-state index contributed by atoms with van der Waals surface area (Å²) in [5, 5.41) is 0. The Kier molecular flexibility index (Phi) is 10.3. The van der Waals surface area contributed by atoms with Gasteiger partial charge in [-0.2, -0.15) is 0 Å². The van der Waals surface area contributed by atoms with Crippen LogP contribution in [0.5, 0.6) is 0 Å². The molecule has 0 fully saturated rings. The molecule has 0 unspecified atom stereocenters. The molecule has 0 aromatic rings. The standard InChI is InChI=1S/C12H28O3Si/c1-5-15-11-9-7-6-8-10-12-16(4,13-2)14-3/h5-12H2,1-4H3. The van der Waals surface area contributed by atoms with Gasteiger partial charge in [-0.3, -0.25) is 0 Å². The minimum absolute atomic E-state index is 0.839. The highest BCUT2D eigenvalue weighted by atomic mass is 28.4. The summed E-state index contributed by atoms with van der Waals surface area (Å²) in [6, 6.07) is 1.10. The number of hydrogen-bond donors (Lipinski definition) is 0. The van der Waals surface area contributed by atoms with Gasteiger partial charge >= 0.3 is 8.56 Å². The summed E-state index contributed by atoms with van der Waals surface area (Å²) in [6.45, 7) is 5.92. The summed E-state index contributed by atoms with van der Waals surface area (Å²) >= 11 is 0. The van der Waals surface area contributed by atoms with Crippen LogP contribution < -0.4 is 0 Å². The molecule has 3 nitrogen and oxygen atoms in total. The van der Waals surface area contributed by atoms with Crippen LogP contribution in [0.3, 0.4) is 0 Å². The molecule has 98 valence electrons. The molecule has 0 aliphatic carbocycles. The SMILES string of the molecule is CCOCCCCCCC[Si](C)(OC)OC. The summed E-state index contributed by atoms with van der Waals surface area (Å²) in [5.41, 5.74) is 0. The van der Waals surface area contributed by atoms with Crippen molar-refractivity contribution in [1.29, 1.82) is 0 Å². The molecule has 16 heavy (non-hydrogen) atoms. The molecule has 0 bridgehead atoms. The van der Waals surface area contributed by atoms with Gasteiger partial charge in [0.1, 0.15) is 0 Å². The molecule has 0 spiro atoms. The maximum atomic E-state index is 5.44. The number of ether oxygens (including phenoxy) is 1. The molecule has 0 aliphatic rings. The van der Waals surface area contributed by atoms with Gasteiger partial charge in [0.05, 0.1) is 0 Å². The summed E-state index contributed by atoms with van der Waals surface area (Å²) in [6.07, 6.45) is 6.26. The molecular weight excluding hydrogens is 220 g/mol. The average Bonchev–Trinajstić information content (AvgIpc) is 2.32. The molecule has 0 radical (unpaired) electrons. The Morgan fingerprint density at radius 1 is 0.875 bits per heavy atom. The van der Waals surface area contributed by atoms with Crippen LogP contribution in [0.2, 0.25) is 12.6 Å². The lowest BCUT2D eigenvalue weighted by molar-refractivity contribution is 0.143. The van der Waals surface area contributed by atoms with Gasteiger partial charge in [0, 0.05) is 27.4 Å². The summed E-state index contributed by atoms with van der Waals surface area (Å²) in [4.78, 5) is 0. The van der Waals surface area contributed by atoms with Crippen molar-refractivity contribution in [2.75, 3.05) is 27.4 Å². The Balaban J connectivity index is 3.26. The van der Waals surface area contributed by atoms with Gasteiger partial charge in [-0.05, 0) is 25.9 Å². The third-order valence-corrected chi connectivity index (χ3v) is 5.98. The highest BCUT2D eigenvalue weighted by molar-refractivity contribution is 6.65. The van der Waals surface area contributed by atoms with Crippen LogP contribution in [-0.4, -0.2) is 36.0 Å². The highest BCUT2D eigenvalue weighted by Gasteiger charge is 2.27. The Morgan fingerprint density at radius 2 is 1.44 bits per heavy atom. The van der Waals surface area contributed by atoms with Crippen molar-refractivity contribution < 1.29 is 13.6 Å². The van der Waals surface area contributed by atoms with Crippen LogP contribution in [0.1, 0.15) is 39.0 Å². The van der Waals surface area contributed by atoms with E-state index in [1.54, 1.807) is 14.2 Å². The van der Waals surface area contributed by atoms with Crippen molar-refractivity contribution in [1.82, 2.24) is 0 Å². The topological polar surface area (TPSA) is 27.7 Å². The van der Waals surface area contributed by atoms with E-state index in [9.17, 15) is 0 Å². The minimum atomic E-state index is -1.80. The number of unbranched alkanes of at least 4 members (excludes halogenated alkanes) is 4. The first kappa shape index (κ1) is 16.1. The van der Waals surface area contributed by atoms with E-state index in [0.29, 0.717) is 0 Å². The minimum Gasteiger partial charge on any atom is -0.398 e. The van der Waals surface area contributed by atoms with Gasteiger partial charge in [-0.1, -0.05) is 25.7 Å². The number of rotatable bonds is 11. The second kappa shape index (κ2) is 10.3. The van der Waals surface area contributed by atoms with E-state index in [2.05, 4.69) is 6.55 Å². The molecule has 4 heteroatoms. The van der Waals surface area contributed by atoms with Gasteiger partial charge < -0.3 is 13.6 Å². The molecule has 0 amide bonds. The summed E-state index contributed by atoms with van der Waals surface area (Å²) in [5.74, 6) is 0. The van der Waals surface area contributed by atoms with Crippen molar-refractivity contribution in [2.45, 2.75) is 51.6 Å². The van der Waals surface area contributed by atoms with Crippen molar-refractivity contribution in [3.8, 4) is 0 Å². The first-order chi connectivity index (χ1) is 7.68. The van der Waals surface area contributed by atoms with Crippen molar-refractivity contribution in [3.63, 3.8) is 0 Å². The molecule has 0 heterocycles. The fourth-order valence-electron chi connectivity index (χ4n) is 1.61. The molecule has 0 aliphatic heterocycles. The van der Waals surface area contributed by atoms with Crippen LogP contribution in [0.15, 0.2) is 0 Å². The van der Waals surface area contributed by atoms with E-state index in [1.165, 1.54) is 32.1 Å². The predicted octanol–water partition coefficient (Wildman–Crippen LogP) is 3.34. The van der Waals surface area contributed by atoms with Crippen LogP contribution in [0.4, 0.5) is 0 Å². The third kappa shape index (κ3) is 8.27. The van der Waals surface area contributed by atoms with E-state index >= 15 is 0 Å². The Hall–Kier alpha value is 0.0969. The molecule has 0 aromatic carbocycles. The summed E-state index contributed by atoms with van der Waals surface area (Å²) < 4.78 is 16.2. The molecule has 0 N–H and O–H groups in total. The van der Waals surface area contributed by atoms with Gasteiger partial charge in [-0.15, -0.1) is 0 Å². The van der Waals surface area contributed by atoms with E-state index in [0.717, 1.165) is 19.3 Å². The Bertz CT molecular complexity index is 149. The molecule has 0 rings (SSSR count). The van der Waals surface area contributed by atoms with E-state index in [1.807, 2.05) is 6.92 Å². The van der Waals surface area contributed by atoms with Gasteiger partial charge in [0.15, 0.2) is 0 Å². The lowest BCUT2D eigenvalue weighted by Gasteiger charge is -2.22. The number of hydrogen-bond acceptors (Lipinski definition) is 3. The normalized spacial score (nSPS) is 12.0. The fraction of sp³-hybridized carbons (Fsp3) is 1.00. The Labute approximate surface area is 102 Å². The van der Waals surface area contributed by atoms with Crippen molar-refractivity contribution >= 4 is 8.56 Å². The van der Waals surface area contributed by atoms with Crippen molar-refractivity contribution in [2.24, 2.45) is 0 Å². The van der Waals surface area contributed by atoms with Crippen LogP contribution in [0, 0.1) is 0 Å². The fourth-order valence-corrected chi connectivity index (χ4v) is 3.08. The zero-order valence-corrected chi connectivity index (χ0v) is 12.4. The van der Waals surface area contributed by atoms with Crippen LogP contribution in [-0.2, 0) is 13.6 Å².